The molecule has 1 saturated carbocycles. The highest BCUT2D eigenvalue weighted by molar-refractivity contribution is 7.13. The van der Waals surface area contributed by atoms with E-state index in [0.29, 0.717) is 29.5 Å². The Kier molecular flexibility index (Phi) is 5.62. The van der Waals surface area contributed by atoms with Gasteiger partial charge in [-0.25, -0.2) is 4.98 Å². The Morgan fingerprint density at radius 1 is 1.10 bits per heavy atom. The number of nitrogens with zero attached hydrogens (tertiary/aromatic N) is 3. The lowest BCUT2D eigenvalue weighted by Crippen LogP contribution is -2.49. The number of piperazine rings is 1. The fourth-order valence-corrected chi connectivity index (χ4v) is 4.10. The minimum Gasteiger partial charge on any atom is -0.368 e. The third-order valence-electron chi connectivity index (χ3n) is 5.33. The number of hydrogen-bond donors (Lipinski definition) is 1. The van der Waals surface area contributed by atoms with Gasteiger partial charge in [-0.2, -0.15) is 0 Å². The lowest BCUT2D eigenvalue weighted by molar-refractivity contribution is -0.130. The van der Waals surface area contributed by atoms with Crippen LogP contribution in [0.5, 0.6) is 0 Å². The van der Waals surface area contributed by atoms with E-state index in [1.54, 1.807) is 6.92 Å². The molecule has 2 amide bonds. The summed E-state index contributed by atoms with van der Waals surface area (Å²) >= 11 is 1.37. The lowest BCUT2D eigenvalue weighted by atomic mass is 10.1. The average Bonchev–Trinajstić information content (AvgIpc) is 3.50. The molecule has 0 radical (unpaired) electrons. The van der Waals surface area contributed by atoms with E-state index in [1.807, 2.05) is 34.5 Å². The topological polar surface area (TPSA) is 82.6 Å². The van der Waals surface area contributed by atoms with Crippen LogP contribution in [0.4, 0.5) is 10.8 Å². The van der Waals surface area contributed by atoms with E-state index in [1.165, 1.54) is 11.3 Å². The summed E-state index contributed by atoms with van der Waals surface area (Å²) in [7, 11) is 0. The molecule has 1 saturated heterocycles. The number of anilines is 2. The molecule has 2 fully saturated rings. The van der Waals surface area contributed by atoms with Crippen LogP contribution in [0.3, 0.4) is 0 Å². The minimum absolute atomic E-state index is 0.0321. The van der Waals surface area contributed by atoms with Gasteiger partial charge in [-0.1, -0.05) is 0 Å². The standard InChI is InChI=1S/C21H24N4O3S/c1-14(26)15-4-6-18(7-5-15)24-8-10-25(11-9-24)19(27)12-17-13-29-21(22-17)23-20(28)16-2-3-16/h4-7,13,16H,2-3,8-12H2,1H3,(H,22,23,28). The molecule has 0 spiro atoms. The molecule has 4 rings (SSSR count). The first kappa shape index (κ1) is 19.6. The molecule has 1 N–H and O–H groups in total. The Labute approximate surface area is 173 Å². The number of hydrogen-bond acceptors (Lipinski definition) is 6. The van der Waals surface area contributed by atoms with E-state index in [0.717, 1.165) is 31.6 Å². The summed E-state index contributed by atoms with van der Waals surface area (Å²) in [6, 6.07) is 7.61. The number of carbonyl (C=O) groups is 3. The molecule has 0 atom stereocenters. The van der Waals surface area contributed by atoms with Gasteiger partial charge in [-0.3, -0.25) is 14.4 Å². The van der Waals surface area contributed by atoms with Crippen molar-refractivity contribution in [1.82, 2.24) is 9.88 Å². The second-order valence-corrected chi connectivity index (χ2v) is 8.41. The zero-order chi connectivity index (χ0) is 20.4. The summed E-state index contributed by atoms with van der Waals surface area (Å²) in [5.74, 6) is 0.287. The molecule has 2 heterocycles. The summed E-state index contributed by atoms with van der Waals surface area (Å²) < 4.78 is 0. The van der Waals surface area contributed by atoms with Crippen LogP contribution in [0.25, 0.3) is 0 Å². The van der Waals surface area contributed by atoms with Crippen molar-refractivity contribution in [2.24, 2.45) is 5.92 Å². The maximum atomic E-state index is 12.6. The zero-order valence-electron chi connectivity index (χ0n) is 16.4. The second-order valence-electron chi connectivity index (χ2n) is 7.56. The summed E-state index contributed by atoms with van der Waals surface area (Å²) in [6.07, 6.45) is 2.16. The van der Waals surface area contributed by atoms with Gasteiger partial charge in [0.15, 0.2) is 10.9 Å². The fraction of sp³-hybridized carbons (Fsp3) is 0.429. The smallest absolute Gasteiger partial charge is 0.229 e. The molecule has 0 bridgehead atoms. The fourth-order valence-electron chi connectivity index (χ4n) is 3.39. The largest absolute Gasteiger partial charge is 0.368 e. The molecular weight excluding hydrogens is 388 g/mol. The number of amides is 2. The molecule has 29 heavy (non-hydrogen) atoms. The molecule has 152 valence electrons. The van der Waals surface area contributed by atoms with Gasteiger partial charge in [0.05, 0.1) is 12.1 Å². The highest BCUT2D eigenvalue weighted by atomic mass is 32.1. The van der Waals surface area contributed by atoms with E-state index in [4.69, 9.17) is 0 Å². The van der Waals surface area contributed by atoms with Gasteiger partial charge < -0.3 is 15.1 Å². The van der Waals surface area contributed by atoms with Crippen molar-refractivity contribution in [1.29, 1.82) is 0 Å². The van der Waals surface area contributed by atoms with Crippen LogP contribution in [-0.2, 0) is 16.0 Å². The van der Waals surface area contributed by atoms with Gasteiger partial charge in [0.2, 0.25) is 11.8 Å². The Morgan fingerprint density at radius 2 is 1.79 bits per heavy atom. The third kappa shape index (κ3) is 4.82. The summed E-state index contributed by atoms with van der Waals surface area (Å²) in [6.45, 7) is 4.38. The number of thiazole rings is 1. The van der Waals surface area contributed by atoms with Gasteiger partial charge in [-0.15, -0.1) is 11.3 Å². The molecule has 7 nitrogen and oxygen atoms in total. The van der Waals surface area contributed by atoms with Gasteiger partial charge in [0, 0.05) is 48.7 Å². The highest BCUT2D eigenvalue weighted by Crippen LogP contribution is 2.30. The van der Waals surface area contributed by atoms with E-state index in [2.05, 4.69) is 15.2 Å². The Morgan fingerprint density at radius 3 is 2.41 bits per heavy atom. The first-order valence-electron chi connectivity index (χ1n) is 9.88. The lowest BCUT2D eigenvalue weighted by Gasteiger charge is -2.36. The maximum absolute atomic E-state index is 12.6. The van der Waals surface area contributed by atoms with E-state index >= 15 is 0 Å². The number of nitrogens with one attached hydrogen (secondary N) is 1. The van der Waals surface area contributed by atoms with Crippen LogP contribution in [0.15, 0.2) is 29.6 Å². The number of aromatic nitrogens is 1. The molecular formula is C21H24N4O3S. The van der Waals surface area contributed by atoms with Gasteiger partial charge >= 0.3 is 0 Å². The quantitative estimate of drug-likeness (QED) is 0.738. The van der Waals surface area contributed by atoms with Gasteiger partial charge in [0.1, 0.15) is 0 Å². The highest BCUT2D eigenvalue weighted by Gasteiger charge is 2.30. The Hall–Kier alpha value is -2.74. The molecule has 1 aliphatic heterocycles. The molecule has 8 heteroatoms. The van der Waals surface area contributed by atoms with E-state index in [9.17, 15) is 14.4 Å². The zero-order valence-corrected chi connectivity index (χ0v) is 17.2. The third-order valence-corrected chi connectivity index (χ3v) is 6.14. The predicted molar refractivity (Wildman–Crippen MR) is 112 cm³/mol. The van der Waals surface area contributed by atoms with E-state index in [-0.39, 0.29) is 29.9 Å². The molecule has 2 aliphatic rings. The van der Waals surface area contributed by atoms with Crippen LogP contribution < -0.4 is 10.2 Å². The summed E-state index contributed by atoms with van der Waals surface area (Å²) in [4.78, 5) is 44.3. The molecule has 1 aromatic heterocycles. The van der Waals surface area contributed by atoms with Crippen LogP contribution in [0.2, 0.25) is 0 Å². The first-order chi connectivity index (χ1) is 14.0. The monoisotopic (exact) mass is 412 g/mol. The number of Topliss-reactive ketones (excluding diaryl/α,β-unsaturated/α-hetero) is 1. The first-order valence-corrected chi connectivity index (χ1v) is 10.8. The number of benzene rings is 1. The van der Waals surface area contributed by atoms with Crippen LogP contribution in [-0.4, -0.2) is 53.7 Å². The van der Waals surface area contributed by atoms with Crippen molar-refractivity contribution in [2.75, 3.05) is 36.4 Å². The molecule has 2 aromatic rings. The van der Waals surface area contributed by atoms with Gasteiger partial charge in [-0.05, 0) is 44.0 Å². The van der Waals surface area contributed by atoms with Gasteiger partial charge in [0.25, 0.3) is 0 Å². The predicted octanol–water partition coefficient (Wildman–Crippen LogP) is 2.59. The molecule has 1 aliphatic carbocycles. The van der Waals surface area contributed by atoms with Crippen LogP contribution >= 0.6 is 11.3 Å². The summed E-state index contributed by atoms with van der Waals surface area (Å²) in [5.41, 5.74) is 2.48. The molecule has 1 aromatic carbocycles. The van der Waals surface area contributed by atoms with Crippen LogP contribution in [0.1, 0.15) is 35.8 Å². The number of carbonyl (C=O) groups excluding carboxylic acids is 3. The number of rotatable bonds is 6. The molecule has 0 unspecified atom stereocenters. The maximum Gasteiger partial charge on any atom is 0.229 e. The van der Waals surface area contributed by atoms with Crippen molar-refractivity contribution in [3.8, 4) is 0 Å². The minimum atomic E-state index is 0.0321. The SMILES string of the molecule is CC(=O)c1ccc(N2CCN(C(=O)Cc3csc(NC(=O)C4CC4)n3)CC2)cc1. The Bertz CT molecular complexity index is 912. The van der Waals surface area contributed by atoms with Crippen molar-refractivity contribution in [3.05, 3.63) is 40.9 Å². The van der Waals surface area contributed by atoms with Crippen LogP contribution in [0, 0.1) is 5.92 Å². The van der Waals surface area contributed by atoms with Crippen molar-refractivity contribution >= 4 is 39.8 Å². The second kappa shape index (κ2) is 8.32. The summed E-state index contributed by atoms with van der Waals surface area (Å²) in [5, 5.41) is 5.24. The normalized spacial score (nSPS) is 16.6. The van der Waals surface area contributed by atoms with E-state index < -0.39 is 0 Å². The van der Waals surface area contributed by atoms with Crippen molar-refractivity contribution in [3.63, 3.8) is 0 Å². The van der Waals surface area contributed by atoms with Crippen molar-refractivity contribution < 1.29 is 14.4 Å². The van der Waals surface area contributed by atoms with Crippen molar-refractivity contribution in [2.45, 2.75) is 26.2 Å². The Balaban J connectivity index is 1.27. The average molecular weight is 413 g/mol. The number of ketones is 1.